The molecule has 1 rings (SSSR count). The molecule has 0 spiro atoms. The molecular formula is C7H11NO. The Morgan fingerprint density at radius 1 is 1.78 bits per heavy atom. The smallest absolute Gasteiger partial charge is 0.224 e. The lowest BCUT2D eigenvalue weighted by molar-refractivity contribution is -0.121. The van der Waals surface area contributed by atoms with Crippen LogP contribution in [-0.2, 0) is 4.79 Å². The molecule has 0 fully saturated rings. The lowest BCUT2D eigenvalue weighted by atomic mass is 10.0. The first-order chi connectivity index (χ1) is 4.18. The third-order valence-electron chi connectivity index (χ3n) is 1.38. The van der Waals surface area contributed by atoms with Crippen LogP contribution < -0.4 is 5.32 Å². The van der Waals surface area contributed by atoms with E-state index in [-0.39, 0.29) is 5.91 Å². The fourth-order valence-corrected chi connectivity index (χ4v) is 1.09. The maximum Gasteiger partial charge on any atom is 0.224 e. The van der Waals surface area contributed by atoms with E-state index in [0.717, 1.165) is 5.70 Å². The van der Waals surface area contributed by atoms with Gasteiger partial charge in [0.2, 0.25) is 5.91 Å². The van der Waals surface area contributed by atoms with Gasteiger partial charge in [0.15, 0.2) is 0 Å². The predicted octanol–water partition coefficient (Wildman–Crippen LogP) is 1.05. The molecule has 0 aromatic rings. The number of nitrogens with one attached hydrogen (secondary N) is 1. The van der Waals surface area contributed by atoms with Crippen LogP contribution in [0.25, 0.3) is 0 Å². The van der Waals surface area contributed by atoms with Gasteiger partial charge < -0.3 is 5.32 Å². The number of amides is 1. The zero-order valence-corrected chi connectivity index (χ0v) is 5.77. The minimum absolute atomic E-state index is 0.141. The van der Waals surface area contributed by atoms with Crippen LogP contribution >= 0.6 is 0 Å². The van der Waals surface area contributed by atoms with Crippen LogP contribution in [-0.4, -0.2) is 5.91 Å². The molecule has 0 bridgehead atoms. The fourth-order valence-electron chi connectivity index (χ4n) is 1.09. The molecule has 9 heavy (non-hydrogen) atoms. The molecular weight excluding hydrogens is 114 g/mol. The van der Waals surface area contributed by atoms with Gasteiger partial charge in [-0.25, -0.2) is 0 Å². The topological polar surface area (TPSA) is 29.1 Å². The van der Waals surface area contributed by atoms with Gasteiger partial charge in [0.05, 0.1) is 0 Å². The van der Waals surface area contributed by atoms with Crippen molar-refractivity contribution >= 4 is 5.91 Å². The quantitative estimate of drug-likeness (QED) is 0.515. The molecule has 0 saturated heterocycles. The Kier molecular flexibility index (Phi) is 1.56. The van der Waals surface area contributed by atoms with E-state index in [0.29, 0.717) is 12.3 Å². The van der Waals surface area contributed by atoms with Gasteiger partial charge in [-0.15, -0.1) is 0 Å². The predicted molar refractivity (Wildman–Crippen MR) is 35.7 cm³/mol. The number of carbonyl (C=O) groups excluding carboxylic acids is 1. The van der Waals surface area contributed by atoms with Crippen molar-refractivity contribution in [3.05, 3.63) is 11.8 Å². The van der Waals surface area contributed by atoms with Crippen LogP contribution in [0.3, 0.4) is 0 Å². The van der Waals surface area contributed by atoms with Crippen molar-refractivity contribution in [1.82, 2.24) is 5.32 Å². The second-order valence-electron chi connectivity index (χ2n) is 2.58. The zero-order valence-electron chi connectivity index (χ0n) is 5.77. The highest BCUT2D eigenvalue weighted by Crippen LogP contribution is 2.10. The summed E-state index contributed by atoms with van der Waals surface area (Å²) in [5.74, 6) is 0.557. The summed E-state index contributed by atoms with van der Waals surface area (Å²) in [7, 11) is 0. The van der Waals surface area contributed by atoms with Gasteiger partial charge >= 0.3 is 0 Å². The Labute approximate surface area is 54.9 Å². The third-order valence-corrected chi connectivity index (χ3v) is 1.38. The minimum atomic E-state index is 0.141. The van der Waals surface area contributed by atoms with Crippen LogP contribution in [0.1, 0.15) is 20.3 Å². The van der Waals surface area contributed by atoms with E-state index in [4.69, 9.17) is 0 Å². The summed E-state index contributed by atoms with van der Waals surface area (Å²) in [5, 5.41) is 2.73. The van der Waals surface area contributed by atoms with Crippen LogP contribution in [0.5, 0.6) is 0 Å². The van der Waals surface area contributed by atoms with E-state index in [1.807, 2.05) is 13.8 Å². The lowest BCUT2D eigenvalue weighted by Crippen LogP contribution is -2.27. The highest BCUT2D eigenvalue weighted by molar-refractivity contribution is 5.79. The molecule has 1 aliphatic rings. The van der Waals surface area contributed by atoms with Gasteiger partial charge in [-0.3, -0.25) is 4.79 Å². The van der Waals surface area contributed by atoms with E-state index in [1.165, 1.54) is 0 Å². The first-order valence-electron chi connectivity index (χ1n) is 3.17. The maximum atomic E-state index is 10.7. The molecule has 1 N–H and O–H groups in total. The first kappa shape index (κ1) is 6.33. The summed E-state index contributed by atoms with van der Waals surface area (Å²) >= 11 is 0. The summed E-state index contributed by atoms with van der Waals surface area (Å²) < 4.78 is 0. The van der Waals surface area contributed by atoms with Crippen molar-refractivity contribution in [3.8, 4) is 0 Å². The number of carbonyl (C=O) groups is 1. The molecule has 2 nitrogen and oxygen atoms in total. The van der Waals surface area contributed by atoms with Gasteiger partial charge in [0.1, 0.15) is 0 Å². The maximum absolute atomic E-state index is 10.7. The fraction of sp³-hybridized carbons (Fsp3) is 0.571. The number of hydrogen-bond acceptors (Lipinski definition) is 1. The molecule has 1 atom stereocenters. The Morgan fingerprint density at radius 3 is 2.89 bits per heavy atom. The normalized spacial score (nSPS) is 27.1. The largest absolute Gasteiger partial charge is 0.330 e. The van der Waals surface area contributed by atoms with Crippen molar-refractivity contribution < 1.29 is 4.79 Å². The van der Waals surface area contributed by atoms with Gasteiger partial charge in [-0.05, 0) is 12.8 Å². The van der Waals surface area contributed by atoms with E-state index in [1.54, 1.807) is 0 Å². The molecule has 0 aliphatic carbocycles. The molecule has 0 aromatic heterocycles. The molecule has 1 heterocycles. The summed E-state index contributed by atoms with van der Waals surface area (Å²) in [5.41, 5.74) is 0.985. The molecule has 0 saturated carbocycles. The number of rotatable bonds is 0. The highest BCUT2D eigenvalue weighted by Gasteiger charge is 2.11. The SMILES string of the molecule is CC1=CC(C)CC(=O)N1. The summed E-state index contributed by atoms with van der Waals surface area (Å²) in [6.45, 7) is 3.95. The van der Waals surface area contributed by atoms with Crippen molar-refractivity contribution in [3.63, 3.8) is 0 Å². The van der Waals surface area contributed by atoms with Gasteiger partial charge in [0.25, 0.3) is 0 Å². The molecule has 50 valence electrons. The van der Waals surface area contributed by atoms with Gasteiger partial charge in [-0.2, -0.15) is 0 Å². The minimum Gasteiger partial charge on any atom is -0.330 e. The van der Waals surface area contributed by atoms with Crippen molar-refractivity contribution in [2.75, 3.05) is 0 Å². The molecule has 2 heteroatoms. The van der Waals surface area contributed by atoms with Gasteiger partial charge in [0, 0.05) is 12.1 Å². The zero-order chi connectivity index (χ0) is 6.85. The molecule has 0 aromatic carbocycles. The second-order valence-corrected chi connectivity index (χ2v) is 2.58. The number of hydrogen-bond donors (Lipinski definition) is 1. The second kappa shape index (κ2) is 2.21. The van der Waals surface area contributed by atoms with Crippen molar-refractivity contribution in [2.24, 2.45) is 5.92 Å². The average Bonchev–Trinajstić information content (AvgIpc) is 1.59. The monoisotopic (exact) mass is 125 g/mol. The summed E-state index contributed by atoms with van der Waals surface area (Å²) in [6.07, 6.45) is 2.71. The van der Waals surface area contributed by atoms with Crippen LogP contribution in [0, 0.1) is 5.92 Å². The van der Waals surface area contributed by atoms with E-state index >= 15 is 0 Å². The Balaban J connectivity index is 2.67. The van der Waals surface area contributed by atoms with Crippen LogP contribution in [0.4, 0.5) is 0 Å². The van der Waals surface area contributed by atoms with Crippen molar-refractivity contribution in [2.45, 2.75) is 20.3 Å². The number of allylic oxidation sites excluding steroid dienone is 2. The molecule has 1 amide bonds. The van der Waals surface area contributed by atoms with E-state index < -0.39 is 0 Å². The molecule has 0 radical (unpaired) electrons. The standard InChI is InChI=1S/C7H11NO/c1-5-3-6(2)8-7(9)4-5/h3,5H,4H2,1-2H3,(H,8,9). The van der Waals surface area contributed by atoms with E-state index in [9.17, 15) is 4.79 Å². The van der Waals surface area contributed by atoms with Crippen molar-refractivity contribution in [1.29, 1.82) is 0 Å². The Morgan fingerprint density at radius 2 is 2.44 bits per heavy atom. The summed E-state index contributed by atoms with van der Waals surface area (Å²) in [4.78, 5) is 10.7. The lowest BCUT2D eigenvalue weighted by Gasteiger charge is -2.15. The highest BCUT2D eigenvalue weighted by atomic mass is 16.1. The summed E-state index contributed by atoms with van der Waals surface area (Å²) in [6, 6.07) is 0. The average molecular weight is 125 g/mol. The van der Waals surface area contributed by atoms with E-state index in [2.05, 4.69) is 11.4 Å². The molecule has 1 aliphatic heterocycles. The first-order valence-corrected chi connectivity index (χ1v) is 3.17. The van der Waals surface area contributed by atoms with Crippen LogP contribution in [0.2, 0.25) is 0 Å². The third kappa shape index (κ3) is 1.56. The van der Waals surface area contributed by atoms with Crippen LogP contribution in [0.15, 0.2) is 11.8 Å². The molecule has 1 unspecified atom stereocenters. The Bertz CT molecular complexity index is 160. The van der Waals surface area contributed by atoms with Gasteiger partial charge in [-0.1, -0.05) is 13.0 Å². The Hall–Kier alpha value is -0.790.